The molecule has 2 aliphatic carbocycles. The Bertz CT molecular complexity index is 833. The van der Waals surface area contributed by atoms with Crippen LogP contribution in [0, 0.1) is 6.92 Å². The van der Waals surface area contributed by atoms with E-state index in [1.807, 2.05) is 35.7 Å². The van der Waals surface area contributed by atoms with Crippen molar-refractivity contribution in [1.29, 1.82) is 0 Å². The second kappa shape index (κ2) is 5.08. The second-order valence-corrected chi connectivity index (χ2v) is 7.98. The number of rotatable bonds is 0. The van der Waals surface area contributed by atoms with Crippen molar-refractivity contribution in [3.05, 3.63) is 54.2 Å². The van der Waals surface area contributed by atoms with Crippen LogP contribution in [0.1, 0.15) is 5.56 Å². The maximum absolute atomic E-state index is 4.78. The van der Waals surface area contributed by atoms with E-state index in [9.17, 15) is 0 Å². The van der Waals surface area contributed by atoms with Gasteiger partial charge in [-0.3, -0.25) is 0 Å². The van der Waals surface area contributed by atoms with Crippen LogP contribution in [0.3, 0.4) is 0 Å². The van der Waals surface area contributed by atoms with Gasteiger partial charge in [0.1, 0.15) is 0 Å². The number of nitrogens with zero attached hydrogens (tertiary/aromatic N) is 3. The van der Waals surface area contributed by atoms with Crippen molar-refractivity contribution in [2.75, 3.05) is 0 Å². The number of pyridine rings is 1. The minimum atomic E-state index is 0.302. The quantitative estimate of drug-likeness (QED) is 0.687. The van der Waals surface area contributed by atoms with Crippen molar-refractivity contribution in [3.63, 3.8) is 0 Å². The van der Waals surface area contributed by atoms with E-state index in [4.69, 9.17) is 15.0 Å². The zero-order chi connectivity index (χ0) is 15.4. The number of thioether (sulfide) groups is 2. The van der Waals surface area contributed by atoms with Crippen molar-refractivity contribution < 1.29 is 0 Å². The third-order valence-electron chi connectivity index (χ3n) is 4.17. The Morgan fingerprint density at radius 2 is 1.30 bits per heavy atom. The highest BCUT2D eigenvalue weighted by molar-refractivity contribution is 8.02. The molecule has 112 valence electrons. The fourth-order valence-electron chi connectivity index (χ4n) is 3.00. The van der Waals surface area contributed by atoms with Crippen molar-refractivity contribution in [1.82, 2.24) is 4.98 Å². The van der Waals surface area contributed by atoms with Gasteiger partial charge >= 0.3 is 0 Å². The van der Waals surface area contributed by atoms with Gasteiger partial charge < -0.3 is 0 Å². The highest BCUT2D eigenvalue weighted by Crippen LogP contribution is 2.49. The van der Waals surface area contributed by atoms with E-state index in [-0.39, 0.29) is 0 Å². The lowest BCUT2D eigenvalue weighted by atomic mass is 10.1. The first-order valence-corrected chi connectivity index (χ1v) is 9.30. The lowest BCUT2D eigenvalue weighted by Gasteiger charge is -2.27. The van der Waals surface area contributed by atoms with Gasteiger partial charge in [0.2, 0.25) is 0 Å². The molecule has 23 heavy (non-hydrogen) atoms. The molecule has 3 heterocycles. The van der Waals surface area contributed by atoms with E-state index < -0.39 is 0 Å². The highest BCUT2D eigenvalue weighted by Gasteiger charge is 2.30. The summed E-state index contributed by atoms with van der Waals surface area (Å²) in [5, 5.41) is 0.604. The predicted molar refractivity (Wildman–Crippen MR) is 99.0 cm³/mol. The molecule has 0 aromatic carbocycles. The first-order chi connectivity index (χ1) is 11.3. The molecule has 4 aliphatic rings. The highest BCUT2D eigenvalue weighted by atomic mass is 32.2. The van der Waals surface area contributed by atoms with Gasteiger partial charge in [-0.05, 0) is 24.6 Å². The molecule has 0 saturated heterocycles. The monoisotopic (exact) mass is 335 g/mol. The molecular formula is C18H13N3S2. The molecule has 0 spiro atoms. The lowest BCUT2D eigenvalue weighted by molar-refractivity contribution is 1.04. The Kier molecular flexibility index (Phi) is 3.00. The largest absolute Gasteiger partial charge is 0.231 e. The van der Waals surface area contributed by atoms with Crippen molar-refractivity contribution >= 4 is 46.6 Å². The predicted octanol–water partition coefficient (Wildman–Crippen LogP) is 4.74. The SMILES string of the molecule is Cc1c2c(nc3c1SC1C=CC=CC1=N3)N=C1C=CC=CC1S2. The molecule has 0 amide bonds. The van der Waals surface area contributed by atoms with Gasteiger partial charge in [-0.2, -0.15) is 0 Å². The minimum absolute atomic E-state index is 0.302. The third kappa shape index (κ3) is 2.11. The normalized spacial score (nSPS) is 26.0. The van der Waals surface area contributed by atoms with Crippen LogP contribution in [0.2, 0.25) is 0 Å². The number of fused-ring (bicyclic) bond motifs is 4. The molecule has 0 N–H and O–H groups in total. The number of hydrogen-bond acceptors (Lipinski definition) is 5. The van der Waals surface area contributed by atoms with Crippen LogP contribution >= 0.6 is 23.5 Å². The summed E-state index contributed by atoms with van der Waals surface area (Å²) in [4.78, 5) is 16.7. The molecule has 0 fully saturated rings. The number of hydrogen-bond donors (Lipinski definition) is 0. The molecule has 0 bridgehead atoms. The summed E-state index contributed by atoms with van der Waals surface area (Å²) in [6.45, 7) is 2.17. The molecule has 0 saturated carbocycles. The van der Waals surface area contributed by atoms with E-state index in [1.54, 1.807) is 0 Å². The zero-order valence-corrected chi connectivity index (χ0v) is 14.1. The number of allylic oxidation sites excluding steroid dienone is 6. The standard InChI is InChI=1S/C18H13N3S2/c1-10-15-17(19-11-6-2-4-8-13(11)22-15)21-18-16(10)23-14-9-5-3-7-12(14)20-18/h2-9,13-14H,1H3. The first kappa shape index (κ1) is 13.6. The molecule has 2 atom stereocenters. The molecule has 2 unspecified atom stereocenters. The summed E-state index contributed by atoms with van der Waals surface area (Å²) in [5.74, 6) is 1.63. The van der Waals surface area contributed by atoms with Gasteiger partial charge in [-0.15, -0.1) is 23.5 Å². The maximum atomic E-state index is 4.78. The summed E-state index contributed by atoms with van der Waals surface area (Å²) >= 11 is 3.69. The first-order valence-electron chi connectivity index (χ1n) is 7.54. The van der Waals surface area contributed by atoms with Gasteiger partial charge in [0.15, 0.2) is 11.6 Å². The number of aromatic nitrogens is 1. The van der Waals surface area contributed by atoms with Gasteiger partial charge in [0, 0.05) is 0 Å². The smallest absolute Gasteiger partial charge is 0.168 e. The fourth-order valence-corrected chi connectivity index (χ4v) is 5.37. The van der Waals surface area contributed by atoms with Gasteiger partial charge in [-0.25, -0.2) is 15.0 Å². The average Bonchev–Trinajstić information content (AvgIpc) is 2.59. The van der Waals surface area contributed by atoms with E-state index in [1.165, 1.54) is 15.4 Å². The summed E-state index contributed by atoms with van der Waals surface area (Å²) < 4.78 is 0. The second-order valence-electron chi connectivity index (χ2n) is 5.68. The van der Waals surface area contributed by atoms with Crippen LogP contribution in [0.5, 0.6) is 0 Å². The van der Waals surface area contributed by atoms with E-state index in [0.717, 1.165) is 23.1 Å². The third-order valence-corrected chi connectivity index (χ3v) is 6.92. The molecule has 2 aliphatic heterocycles. The molecule has 1 aromatic heterocycles. The van der Waals surface area contributed by atoms with Crippen LogP contribution in [0.15, 0.2) is 68.4 Å². The molecule has 1 aromatic rings. The molecule has 5 heteroatoms. The van der Waals surface area contributed by atoms with Crippen molar-refractivity contribution in [2.45, 2.75) is 27.2 Å². The Hall–Kier alpha value is -1.85. The van der Waals surface area contributed by atoms with Crippen LogP contribution < -0.4 is 0 Å². The van der Waals surface area contributed by atoms with Crippen LogP contribution in [0.4, 0.5) is 11.6 Å². The Labute approximate surface area is 143 Å². The van der Waals surface area contributed by atoms with Crippen LogP contribution in [-0.4, -0.2) is 26.9 Å². The van der Waals surface area contributed by atoms with E-state index in [0.29, 0.717) is 10.5 Å². The Morgan fingerprint density at radius 1 is 0.783 bits per heavy atom. The lowest BCUT2D eigenvalue weighted by Crippen LogP contribution is -2.20. The van der Waals surface area contributed by atoms with E-state index >= 15 is 0 Å². The minimum Gasteiger partial charge on any atom is -0.231 e. The molecule has 0 radical (unpaired) electrons. The average molecular weight is 335 g/mol. The van der Waals surface area contributed by atoms with Gasteiger partial charge in [-0.1, -0.05) is 36.5 Å². The molecule has 5 rings (SSSR count). The summed E-state index contributed by atoms with van der Waals surface area (Å²) in [5.41, 5.74) is 3.41. The molecule has 3 nitrogen and oxygen atoms in total. The Morgan fingerprint density at radius 3 is 1.83 bits per heavy atom. The van der Waals surface area contributed by atoms with Crippen molar-refractivity contribution in [3.8, 4) is 0 Å². The van der Waals surface area contributed by atoms with Crippen LogP contribution in [-0.2, 0) is 0 Å². The topological polar surface area (TPSA) is 37.6 Å². The van der Waals surface area contributed by atoms with Crippen molar-refractivity contribution in [2.24, 2.45) is 9.98 Å². The van der Waals surface area contributed by atoms with E-state index in [2.05, 4.69) is 43.4 Å². The fraction of sp³-hybridized carbons (Fsp3) is 0.167. The number of aliphatic imine (C=N–C) groups is 2. The van der Waals surface area contributed by atoms with Crippen LogP contribution in [0.25, 0.3) is 0 Å². The summed E-state index contributed by atoms with van der Waals surface area (Å²) in [6.07, 6.45) is 16.8. The summed E-state index contributed by atoms with van der Waals surface area (Å²) in [6, 6.07) is 0. The maximum Gasteiger partial charge on any atom is 0.168 e. The zero-order valence-electron chi connectivity index (χ0n) is 12.4. The molecular weight excluding hydrogens is 322 g/mol. The Balaban J connectivity index is 1.68. The summed E-state index contributed by atoms with van der Waals surface area (Å²) in [7, 11) is 0. The van der Waals surface area contributed by atoms with Gasteiger partial charge in [0.25, 0.3) is 0 Å². The van der Waals surface area contributed by atoms with Gasteiger partial charge in [0.05, 0.1) is 31.7 Å².